The molecule has 0 bridgehead atoms. The van der Waals surface area contributed by atoms with Crippen LogP contribution in [0.3, 0.4) is 0 Å². The summed E-state index contributed by atoms with van der Waals surface area (Å²) in [5, 5.41) is 7.57. The second kappa shape index (κ2) is 7.93. The van der Waals surface area contributed by atoms with Gasteiger partial charge in [-0.2, -0.15) is 0 Å². The lowest BCUT2D eigenvalue weighted by Crippen LogP contribution is -2.17. The Morgan fingerprint density at radius 1 is 1.41 bits per heavy atom. The zero-order valence-corrected chi connectivity index (χ0v) is 13.2. The summed E-state index contributed by atoms with van der Waals surface area (Å²) in [6, 6.07) is 6.41. The molecule has 1 aromatic heterocycles. The summed E-state index contributed by atoms with van der Waals surface area (Å²) in [6.07, 6.45) is 0.991. The first-order valence-corrected chi connectivity index (χ1v) is 7.87. The van der Waals surface area contributed by atoms with Gasteiger partial charge in [0.05, 0.1) is 13.0 Å². The van der Waals surface area contributed by atoms with E-state index in [2.05, 4.69) is 10.2 Å². The number of esters is 1. The van der Waals surface area contributed by atoms with Crippen molar-refractivity contribution < 1.29 is 18.3 Å². The third kappa shape index (κ3) is 4.56. The molecule has 1 atom stereocenters. The highest BCUT2D eigenvalue weighted by Gasteiger charge is 2.19. The van der Waals surface area contributed by atoms with Gasteiger partial charge in [-0.25, -0.2) is 4.39 Å². The molecule has 22 heavy (non-hydrogen) atoms. The van der Waals surface area contributed by atoms with E-state index in [-0.39, 0.29) is 23.4 Å². The predicted octanol–water partition coefficient (Wildman–Crippen LogP) is 3.23. The topological polar surface area (TPSA) is 65.2 Å². The van der Waals surface area contributed by atoms with Gasteiger partial charge >= 0.3 is 5.97 Å². The fraction of sp³-hybridized carbons (Fsp3) is 0.400. The van der Waals surface area contributed by atoms with E-state index in [1.54, 1.807) is 25.1 Å². The highest BCUT2D eigenvalue weighted by atomic mass is 32.2. The quantitative estimate of drug-likeness (QED) is 0.575. The van der Waals surface area contributed by atoms with Crippen LogP contribution < -0.4 is 0 Å². The van der Waals surface area contributed by atoms with Crippen LogP contribution in [0.4, 0.5) is 4.39 Å². The summed E-state index contributed by atoms with van der Waals surface area (Å²) in [5.41, 5.74) is 0.484. The number of hydrogen-bond acceptors (Lipinski definition) is 6. The number of hydrogen-bond donors (Lipinski definition) is 0. The minimum Gasteiger partial charge on any atom is -0.465 e. The number of ether oxygens (including phenoxy) is 1. The molecule has 1 unspecified atom stereocenters. The van der Waals surface area contributed by atoms with Crippen molar-refractivity contribution in [1.82, 2.24) is 10.2 Å². The Morgan fingerprint density at radius 3 is 2.91 bits per heavy atom. The Balaban J connectivity index is 1.94. The zero-order chi connectivity index (χ0) is 15.9. The summed E-state index contributed by atoms with van der Waals surface area (Å²) in [6.45, 7) is 4.04. The van der Waals surface area contributed by atoms with Crippen LogP contribution in [0.25, 0.3) is 0 Å². The van der Waals surface area contributed by atoms with Crippen LogP contribution in [0, 0.1) is 5.82 Å². The van der Waals surface area contributed by atoms with Gasteiger partial charge in [-0.1, -0.05) is 36.9 Å². The molecule has 118 valence electrons. The Morgan fingerprint density at radius 2 is 2.18 bits per heavy atom. The maximum atomic E-state index is 13.6. The molecule has 0 saturated heterocycles. The van der Waals surface area contributed by atoms with Crippen molar-refractivity contribution in [2.24, 2.45) is 0 Å². The van der Waals surface area contributed by atoms with Crippen LogP contribution in [0.15, 0.2) is 33.9 Å². The minimum atomic E-state index is -0.437. The zero-order valence-electron chi connectivity index (χ0n) is 12.4. The molecule has 1 heterocycles. The molecule has 5 nitrogen and oxygen atoms in total. The highest BCUT2D eigenvalue weighted by Crippen LogP contribution is 2.23. The van der Waals surface area contributed by atoms with Gasteiger partial charge in [0.1, 0.15) is 11.1 Å². The number of nitrogens with zero attached hydrogens (tertiary/aromatic N) is 2. The molecule has 0 saturated carbocycles. The maximum Gasteiger partial charge on any atom is 0.319 e. The van der Waals surface area contributed by atoms with Gasteiger partial charge in [0.2, 0.25) is 5.89 Å². The van der Waals surface area contributed by atoms with Crippen LogP contribution in [0.2, 0.25) is 0 Å². The van der Waals surface area contributed by atoms with Crippen LogP contribution in [-0.4, -0.2) is 28.0 Å². The largest absolute Gasteiger partial charge is 0.465 e. The predicted molar refractivity (Wildman–Crippen MR) is 80.1 cm³/mol. The fourth-order valence-corrected chi connectivity index (χ4v) is 2.38. The molecule has 0 N–H and O–H groups in total. The highest BCUT2D eigenvalue weighted by molar-refractivity contribution is 8.00. The van der Waals surface area contributed by atoms with Gasteiger partial charge < -0.3 is 9.15 Å². The Bertz CT molecular complexity index is 633. The second-order valence-electron chi connectivity index (χ2n) is 4.66. The normalized spacial score (nSPS) is 12.1. The molecule has 2 rings (SSSR count). The van der Waals surface area contributed by atoms with E-state index in [9.17, 15) is 9.18 Å². The first-order chi connectivity index (χ1) is 10.6. The molecule has 7 heteroatoms. The van der Waals surface area contributed by atoms with Crippen LogP contribution >= 0.6 is 11.8 Å². The summed E-state index contributed by atoms with van der Waals surface area (Å²) in [7, 11) is 0. The SMILES string of the molecule is CCCOC(=O)C(C)Sc1nnc(Cc2ccccc2F)o1. The molecule has 0 radical (unpaired) electrons. The standard InChI is InChI=1S/C15H17FN2O3S/c1-3-8-20-14(19)10(2)22-15-18-17-13(21-15)9-11-6-4-5-7-12(11)16/h4-7,10H,3,8-9H2,1-2H3. The number of benzene rings is 1. The summed E-state index contributed by atoms with van der Waals surface area (Å²) >= 11 is 1.13. The van der Waals surface area contributed by atoms with E-state index in [0.717, 1.165) is 18.2 Å². The third-order valence-corrected chi connectivity index (χ3v) is 3.72. The molecule has 0 aliphatic carbocycles. The van der Waals surface area contributed by atoms with Gasteiger partial charge in [-0.15, -0.1) is 10.2 Å². The van der Waals surface area contributed by atoms with Crippen molar-refractivity contribution >= 4 is 17.7 Å². The van der Waals surface area contributed by atoms with E-state index in [4.69, 9.17) is 9.15 Å². The molecule has 0 fully saturated rings. The Hall–Kier alpha value is -1.89. The smallest absolute Gasteiger partial charge is 0.319 e. The molecule has 0 amide bonds. The van der Waals surface area contributed by atoms with Gasteiger partial charge in [-0.05, 0) is 25.0 Å². The molecular weight excluding hydrogens is 307 g/mol. The Kier molecular flexibility index (Phi) is 5.94. The van der Waals surface area contributed by atoms with Crippen LogP contribution in [-0.2, 0) is 16.0 Å². The van der Waals surface area contributed by atoms with Gasteiger partial charge in [0, 0.05) is 0 Å². The first kappa shape index (κ1) is 16.5. The minimum absolute atomic E-state index is 0.217. The van der Waals surface area contributed by atoms with Crippen molar-refractivity contribution in [2.75, 3.05) is 6.61 Å². The van der Waals surface area contributed by atoms with Crippen LogP contribution in [0.5, 0.6) is 0 Å². The lowest BCUT2D eigenvalue weighted by Gasteiger charge is -2.07. The van der Waals surface area contributed by atoms with Crippen molar-refractivity contribution in [1.29, 1.82) is 0 Å². The van der Waals surface area contributed by atoms with E-state index < -0.39 is 5.25 Å². The first-order valence-electron chi connectivity index (χ1n) is 6.99. The number of rotatable bonds is 7. The number of thioether (sulfide) groups is 1. The van der Waals surface area contributed by atoms with Crippen LogP contribution in [0.1, 0.15) is 31.7 Å². The third-order valence-electron chi connectivity index (χ3n) is 2.81. The summed E-state index contributed by atoms with van der Waals surface area (Å²) < 4.78 is 24.0. The van der Waals surface area contributed by atoms with Crippen molar-refractivity contribution in [3.05, 3.63) is 41.5 Å². The van der Waals surface area contributed by atoms with E-state index in [0.29, 0.717) is 18.1 Å². The summed E-state index contributed by atoms with van der Waals surface area (Å²) in [5.74, 6) is -0.325. The Labute approximate surface area is 132 Å². The molecular formula is C15H17FN2O3S. The van der Waals surface area contributed by atoms with Crippen molar-refractivity contribution in [2.45, 2.75) is 37.2 Å². The number of aromatic nitrogens is 2. The number of carbonyl (C=O) groups excluding carboxylic acids is 1. The molecule has 0 spiro atoms. The lowest BCUT2D eigenvalue weighted by molar-refractivity contribution is -0.142. The molecule has 0 aliphatic heterocycles. The van der Waals surface area contributed by atoms with Crippen molar-refractivity contribution in [3.8, 4) is 0 Å². The average Bonchev–Trinajstić information content (AvgIpc) is 2.94. The monoisotopic (exact) mass is 324 g/mol. The van der Waals surface area contributed by atoms with E-state index in [1.165, 1.54) is 6.07 Å². The average molecular weight is 324 g/mol. The second-order valence-corrected chi connectivity index (χ2v) is 5.95. The van der Waals surface area contributed by atoms with Crippen molar-refractivity contribution in [3.63, 3.8) is 0 Å². The fourth-order valence-electron chi connectivity index (χ4n) is 1.68. The van der Waals surface area contributed by atoms with Gasteiger partial charge in [0.25, 0.3) is 5.22 Å². The van der Waals surface area contributed by atoms with E-state index in [1.807, 2.05) is 6.92 Å². The van der Waals surface area contributed by atoms with Gasteiger partial charge in [0.15, 0.2) is 0 Å². The number of carbonyl (C=O) groups is 1. The molecule has 0 aliphatic rings. The maximum absolute atomic E-state index is 13.6. The van der Waals surface area contributed by atoms with Gasteiger partial charge in [-0.3, -0.25) is 4.79 Å². The number of halogens is 1. The molecule has 1 aromatic carbocycles. The lowest BCUT2D eigenvalue weighted by atomic mass is 10.1. The molecule has 2 aromatic rings. The van der Waals surface area contributed by atoms with E-state index >= 15 is 0 Å². The summed E-state index contributed by atoms with van der Waals surface area (Å²) in [4.78, 5) is 11.7.